The number of aromatic nitrogens is 1. The van der Waals surface area contributed by atoms with E-state index in [1.165, 1.54) is 6.92 Å². The molecule has 1 amide bonds. The Hall–Kier alpha value is -3.05. The highest BCUT2D eigenvalue weighted by Gasteiger charge is 2.19. The Bertz CT molecular complexity index is 905. The second-order valence-corrected chi connectivity index (χ2v) is 6.12. The topological polar surface area (TPSA) is 60.3 Å². The van der Waals surface area contributed by atoms with Gasteiger partial charge >= 0.3 is 5.97 Å². The molecule has 0 bridgehead atoms. The van der Waals surface area contributed by atoms with Crippen LogP contribution in [0.3, 0.4) is 0 Å². The van der Waals surface area contributed by atoms with E-state index in [-0.39, 0.29) is 0 Å². The molecule has 0 aliphatic carbocycles. The molecule has 2 aromatic carbocycles. The van der Waals surface area contributed by atoms with Crippen LogP contribution in [-0.4, -0.2) is 22.5 Å². The van der Waals surface area contributed by atoms with Gasteiger partial charge in [-0.25, -0.2) is 4.79 Å². The van der Waals surface area contributed by atoms with Gasteiger partial charge in [0.1, 0.15) is 0 Å². The number of hydrogen-bond acceptors (Lipinski definition) is 3. The molecule has 1 heterocycles. The number of carbonyl (C=O) groups excluding carboxylic acids is 2. The van der Waals surface area contributed by atoms with Crippen molar-refractivity contribution in [3.63, 3.8) is 0 Å². The van der Waals surface area contributed by atoms with Gasteiger partial charge in [-0.1, -0.05) is 17.7 Å². The summed E-state index contributed by atoms with van der Waals surface area (Å²) in [6.45, 7) is 1.53. The van der Waals surface area contributed by atoms with Crippen molar-refractivity contribution in [2.45, 2.75) is 13.0 Å². The van der Waals surface area contributed by atoms with Crippen molar-refractivity contribution in [3.05, 3.63) is 83.6 Å². The Balaban J connectivity index is 1.64. The minimum atomic E-state index is -0.937. The van der Waals surface area contributed by atoms with Gasteiger partial charge in [0.25, 0.3) is 5.91 Å². The third kappa shape index (κ3) is 4.32. The van der Waals surface area contributed by atoms with E-state index in [4.69, 9.17) is 16.3 Å². The predicted octanol–water partition coefficient (Wildman–Crippen LogP) is 4.31. The molecule has 1 atom stereocenters. The molecule has 5 nitrogen and oxygen atoms in total. The first kappa shape index (κ1) is 17.8. The highest BCUT2D eigenvalue weighted by atomic mass is 35.5. The molecule has 0 saturated heterocycles. The van der Waals surface area contributed by atoms with E-state index in [9.17, 15) is 9.59 Å². The van der Waals surface area contributed by atoms with Gasteiger partial charge < -0.3 is 14.6 Å². The smallest absolute Gasteiger partial charge is 0.338 e. The molecule has 3 rings (SSSR count). The Morgan fingerprint density at radius 3 is 2.42 bits per heavy atom. The van der Waals surface area contributed by atoms with Gasteiger partial charge in [-0.2, -0.15) is 0 Å². The van der Waals surface area contributed by atoms with Crippen LogP contribution in [0.5, 0.6) is 0 Å². The summed E-state index contributed by atoms with van der Waals surface area (Å²) in [6, 6.07) is 17.5. The number of hydrogen-bond donors (Lipinski definition) is 1. The molecule has 132 valence electrons. The molecule has 6 heteroatoms. The number of anilines is 1. The summed E-state index contributed by atoms with van der Waals surface area (Å²) in [6.07, 6.45) is 2.83. The average molecular weight is 369 g/mol. The van der Waals surface area contributed by atoms with Crippen molar-refractivity contribution in [1.29, 1.82) is 0 Å². The molecule has 3 aromatic rings. The third-order valence-corrected chi connectivity index (χ3v) is 4.00. The van der Waals surface area contributed by atoms with Gasteiger partial charge in [0.15, 0.2) is 6.10 Å². The number of benzene rings is 2. The first-order valence-electron chi connectivity index (χ1n) is 8.04. The number of nitrogens with zero attached hydrogens (tertiary/aromatic N) is 1. The molecule has 1 N–H and O–H groups in total. The van der Waals surface area contributed by atoms with E-state index in [0.717, 1.165) is 5.69 Å². The van der Waals surface area contributed by atoms with Crippen LogP contribution in [0, 0.1) is 0 Å². The van der Waals surface area contributed by atoms with Gasteiger partial charge in [0.2, 0.25) is 0 Å². The lowest BCUT2D eigenvalue weighted by Gasteiger charge is -2.14. The van der Waals surface area contributed by atoms with Crippen LogP contribution in [0.2, 0.25) is 5.02 Å². The van der Waals surface area contributed by atoms with Gasteiger partial charge in [0, 0.05) is 28.8 Å². The van der Waals surface area contributed by atoms with Crippen molar-refractivity contribution in [2.75, 3.05) is 5.32 Å². The minimum absolute atomic E-state index is 0.377. The van der Waals surface area contributed by atoms with Crippen molar-refractivity contribution < 1.29 is 14.3 Å². The van der Waals surface area contributed by atoms with Crippen molar-refractivity contribution in [2.24, 2.45) is 0 Å². The molecule has 1 unspecified atom stereocenters. The van der Waals surface area contributed by atoms with Crippen LogP contribution in [0.1, 0.15) is 17.3 Å². The molecule has 0 saturated carbocycles. The lowest BCUT2D eigenvalue weighted by molar-refractivity contribution is -0.123. The fraction of sp³-hybridized carbons (Fsp3) is 0.100. The number of carbonyl (C=O) groups is 2. The Kier molecular flexibility index (Phi) is 5.39. The Morgan fingerprint density at radius 2 is 1.73 bits per heavy atom. The number of amides is 1. The number of rotatable bonds is 5. The van der Waals surface area contributed by atoms with Gasteiger partial charge in [-0.15, -0.1) is 0 Å². The Labute approximate surface area is 156 Å². The Morgan fingerprint density at radius 1 is 1.04 bits per heavy atom. The maximum atomic E-state index is 12.3. The predicted molar refractivity (Wildman–Crippen MR) is 101 cm³/mol. The minimum Gasteiger partial charge on any atom is -0.449 e. The number of ether oxygens (including phenoxy) is 1. The summed E-state index contributed by atoms with van der Waals surface area (Å²) in [5.74, 6) is -0.972. The molecular weight excluding hydrogens is 352 g/mol. The molecule has 26 heavy (non-hydrogen) atoms. The first-order chi connectivity index (χ1) is 12.5. The quantitative estimate of drug-likeness (QED) is 0.682. The summed E-state index contributed by atoms with van der Waals surface area (Å²) >= 11 is 5.81. The van der Waals surface area contributed by atoms with Crippen LogP contribution in [0.15, 0.2) is 73.1 Å². The maximum Gasteiger partial charge on any atom is 0.338 e. The van der Waals surface area contributed by atoms with E-state index in [0.29, 0.717) is 16.3 Å². The second kappa shape index (κ2) is 7.89. The summed E-state index contributed by atoms with van der Waals surface area (Å²) in [7, 11) is 0. The summed E-state index contributed by atoms with van der Waals surface area (Å²) < 4.78 is 7.16. The highest BCUT2D eigenvalue weighted by molar-refractivity contribution is 6.30. The summed E-state index contributed by atoms with van der Waals surface area (Å²) in [5, 5.41) is 3.25. The zero-order valence-electron chi connectivity index (χ0n) is 14.1. The van der Waals surface area contributed by atoms with Crippen LogP contribution in [0.25, 0.3) is 5.69 Å². The van der Waals surface area contributed by atoms with E-state index in [2.05, 4.69) is 5.32 Å². The van der Waals surface area contributed by atoms with Crippen molar-refractivity contribution in [1.82, 2.24) is 4.57 Å². The van der Waals surface area contributed by atoms with E-state index < -0.39 is 18.0 Å². The molecule has 0 fully saturated rings. The number of esters is 1. The number of nitrogens with one attached hydrogen (secondary N) is 1. The zero-order chi connectivity index (χ0) is 18.5. The SMILES string of the molecule is CC(OC(=O)c1cccc(-n2cccc2)c1)C(=O)Nc1ccc(Cl)cc1. The second-order valence-electron chi connectivity index (χ2n) is 5.68. The largest absolute Gasteiger partial charge is 0.449 e. The van der Waals surface area contributed by atoms with Crippen LogP contribution < -0.4 is 5.32 Å². The van der Waals surface area contributed by atoms with E-state index in [1.54, 1.807) is 42.5 Å². The third-order valence-electron chi connectivity index (χ3n) is 3.75. The average Bonchev–Trinajstić information content (AvgIpc) is 3.18. The zero-order valence-corrected chi connectivity index (χ0v) is 14.8. The monoisotopic (exact) mass is 368 g/mol. The lowest BCUT2D eigenvalue weighted by atomic mass is 10.2. The maximum absolute atomic E-state index is 12.3. The molecule has 0 aliphatic rings. The normalized spacial score (nSPS) is 11.6. The van der Waals surface area contributed by atoms with Crippen LogP contribution >= 0.6 is 11.6 Å². The molecule has 0 radical (unpaired) electrons. The molecule has 1 aromatic heterocycles. The van der Waals surface area contributed by atoms with Gasteiger partial charge in [-0.3, -0.25) is 4.79 Å². The van der Waals surface area contributed by atoms with Gasteiger partial charge in [-0.05, 0) is 61.5 Å². The molecular formula is C20H17ClN2O3. The highest BCUT2D eigenvalue weighted by Crippen LogP contribution is 2.15. The lowest BCUT2D eigenvalue weighted by Crippen LogP contribution is -2.30. The summed E-state index contributed by atoms with van der Waals surface area (Å²) in [5.41, 5.74) is 1.79. The van der Waals surface area contributed by atoms with E-state index >= 15 is 0 Å². The first-order valence-corrected chi connectivity index (χ1v) is 8.41. The number of halogens is 1. The summed E-state index contributed by atoms with van der Waals surface area (Å²) in [4.78, 5) is 24.5. The van der Waals surface area contributed by atoms with Crippen LogP contribution in [-0.2, 0) is 9.53 Å². The fourth-order valence-corrected chi connectivity index (χ4v) is 2.49. The van der Waals surface area contributed by atoms with Crippen molar-refractivity contribution >= 4 is 29.2 Å². The molecule has 0 spiro atoms. The molecule has 0 aliphatic heterocycles. The van der Waals surface area contributed by atoms with Gasteiger partial charge in [0.05, 0.1) is 5.56 Å². The van der Waals surface area contributed by atoms with Crippen LogP contribution in [0.4, 0.5) is 5.69 Å². The van der Waals surface area contributed by atoms with Crippen molar-refractivity contribution in [3.8, 4) is 5.69 Å². The standard InChI is InChI=1S/C20H17ClN2O3/c1-14(19(24)22-17-9-7-16(21)8-10-17)26-20(25)15-5-4-6-18(13-15)23-11-2-3-12-23/h2-14H,1H3,(H,22,24). The fourth-order valence-electron chi connectivity index (χ4n) is 2.36. The van der Waals surface area contributed by atoms with E-state index in [1.807, 2.05) is 35.2 Å².